The van der Waals surface area contributed by atoms with E-state index in [0.717, 1.165) is 12.1 Å². The summed E-state index contributed by atoms with van der Waals surface area (Å²) in [4.78, 5) is 12.1. The Bertz CT molecular complexity index is 1250. The lowest BCUT2D eigenvalue weighted by atomic mass is 10.1. The molecule has 1 aliphatic rings. The maximum Gasteiger partial charge on any atom is 0.261 e. The fourth-order valence-electron chi connectivity index (χ4n) is 2.87. The van der Waals surface area contributed by atoms with Gasteiger partial charge in [-0.25, -0.2) is 17.2 Å². The molecule has 0 unspecified atom stereocenters. The van der Waals surface area contributed by atoms with Crippen LogP contribution in [-0.2, 0) is 10.0 Å². The SMILES string of the molecule is O=C(Nc1ccc(NS(=O)(=O)c2ccc(F)c(F)c2)cc1)c1ccc2c(c1)OCCO2. The van der Waals surface area contributed by atoms with Crippen LogP contribution in [0.1, 0.15) is 10.4 Å². The third-order valence-corrected chi connectivity index (χ3v) is 5.78. The first-order chi connectivity index (χ1) is 14.8. The zero-order valence-corrected chi connectivity index (χ0v) is 16.7. The molecule has 0 saturated heterocycles. The lowest BCUT2D eigenvalue weighted by Gasteiger charge is -2.18. The van der Waals surface area contributed by atoms with Crippen molar-refractivity contribution in [1.82, 2.24) is 0 Å². The van der Waals surface area contributed by atoms with Crippen LogP contribution in [0.2, 0.25) is 0 Å². The van der Waals surface area contributed by atoms with Crippen LogP contribution in [0.5, 0.6) is 11.5 Å². The number of hydrogen-bond acceptors (Lipinski definition) is 5. The summed E-state index contributed by atoms with van der Waals surface area (Å²) >= 11 is 0. The second-order valence-corrected chi connectivity index (χ2v) is 8.25. The molecule has 0 bridgehead atoms. The quantitative estimate of drug-likeness (QED) is 0.622. The molecule has 31 heavy (non-hydrogen) atoms. The van der Waals surface area contributed by atoms with Gasteiger partial charge >= 0.3 is 0 Å². The number of ether oxygens (including phenoxy) is 2. The van der Waals surface area contributed by atoms with Crippen molar-refractivity contribution in [2.45, 2.75) is 4.90 Å². The van der Waals surface area contributed by atoms with Gasteiger partial charge in [0.25, 0.3) is 15.9 Å². The summed E-state index contributed by atoms with van der Waals surface area (Å²) in [6.45, 7) is 0.852. The number of carbonyl (C=O) groups excluding carboxylic acids is 1. The van der Waals surface area contributed by atoms with Crippen LogP contribution in [0, 0.1) is 11.6 Å². The van der Waals surface area contributed by atoms with Gasteiger partial charge in [-0.15, -0.1) is 0 Å². The summed E-state index contributed by atoms with van der Waals surface area (Å²) in [5.74, 6) is -1.73. The average molecular weight is 446 g/mol. The maximum absolute atomic E-state index is 13.3. The highest BCUT2D eigenvalue weighted by molar-refractivity contribution is 7.92. The molecule has 0 radical (unpaired) electrons. The molecular weight excluding hydrogens is 430 g/mol. The van der Waals surface area contributed by atoms with Crippen molar-refractivity contribution in [2.24, 2.45) is 0 Å². The number of rotatable bonds is 5. The van der Waals surface area contributed by atoms with E-state index in [4.69, 9.17) is 9.47 Å². The van der Waals surface area contributed by atoms with E-state index < -0.39 is 26.6 Å². The first-order valence-corrected chi connectivity index (χ1v) is 10.6. The normalized spacial score (nSPS) is 12.8. The summed E-state index contributed by atoms with van der Waals surface area (Å²) in [5.41, 5.74) is 0.977. The Morgan fingerprint density at radius 1 is 0.806 bits per heavy atom. The highest BCUT2D eigenvalue weighted by atomic mass is 32.2. The fraction of sp³-hybridized carbons (Fsp3) is 0.0952. The number of hydrogen-bond donors (Lipinski definition) is 2. The van der Waals surface area contributed by atoms with Gasteiger partial charge in [0.05, 0.1) is 4.90 Å². The summed E-state index contributed by atoms with van der Waals surface area (Å²) in [5, 5.41) is 2.70. The minimum Gasteiger partial charge on any atom is -0.486 e. The predicted molar refractivity (Wildman–Crippen MR) is 109 cm³/mol. The zero-order chi connectivity index (χ0) is 22.0. The van der Waals surface area contributed by atoms with Crippen molar-refractivity contribution < 1.29 is 31.5 Å². The number of sulfonamides is 1. The number of fused-ring (bicyclic) bond motifs is 1. The fourth-order valence-corrected chi connectivity index (χ4v) is 3.94. The summed E-state index contributed by atoms with van der Waals surface area (Å²) in [6.07, 6.45) is 0. The largest absolute Gasteiger partial charge is 0.486 e. The molecule has 0 aliphatic carbocycles. The lowest BCUT2D eigenvalue weighted by Crippen LogP contribution is -2.17. The van der Waals surface area contributed by atoms with Gasteiger partial charge in [-0.05, 0) is 60.7 Å². The first kappa shape index (κ1) is 20.6. The third kappa shape index (κ3) is 4.58. The monoisotopic (exact) mass is 446 g/mol. The van der Waals surface area contributed by atoms with E-state index in [2.05, 4.69) is 10.0 Å². The Labute approximate surface area is 176 Å². The molecule has 2 N–H and O–H groups in total. The van der Waals surface area contributed by atoms with Crippen LogP contribution in [0.15, 0.2) is 65.6 Å². The predicted octanol–water partition coefficient (Wildman–Crippen LogP) is 3.79. The van der Waals surface area contributed by atoms with Crippen LogP contribution >= 0.6 is 0 Å². The van der Waals surface area contributed by atoms with Crippen LogP contribution < -0.4 is 19.5 Å². The van der Waals surface area contributed by atoms with E-state index in [-0.39, 0.29) is 11.6 Å². The Morgan fingerprint density at radius 2 is 1.48 bits per heavy atom. The smallest absolute Gasteiger partial charge is 0.261 e. The van der Waals surface area contributed by atoms with E-state index in [1.807, 2.05) is 0 Å². The molecule has 10 heteroatoms. The number of nitrogens with one attached hydrogen (secondary N) is 2. The zero-order valence-electron chi connectivity index (χ0n) is 15.9. The molecule has 1 aliphatic heterocycles. The molecule has 0 atom stereocenters. The van der Waals surface area contributed by atoms with Gasteiger partial charge in [0.1, 0.15) is 13.2 Å². The average Bonchev–Trinajstić information content (AvgIpc) is 2.76. The minimum atomic E-state index is -4.11. The highest BCUT2D eigenvalue weighted by Crippen LogP contribution is 2.31. The second kappa shape index (κ2) is 8.23. The highest BCUT2D eigenvalue weighted by Gasteiger charge is 2.17. The number of anilines is 2. The Morgan fingerprint density at radius 3 is 2.19 bits per heavy atom. The van der Waals surface area contributed by atoms with Crippen molar-refractivity contribution in [3.05, 3.63) is 77.9 Å². The van der Waals surface area contributed by atoms with Gasteiger partial charge in [-0.3, -0.25) is 9.52 Å². The van der Waals surface area contributed by atoms with Crippen molar-refractivity contribution >= 4 is 27.3 Å². The number of amides is 1. The topological polar surface area (TPSA) is 93.7 Å². The molecule has 0 saturated carbocycles. The van der Waals surface area contributed by atoms with E-state index in [1.165, 1.54) is 24.3 Å². The number of benzene rings is 3. The third-order valence-electron chi connectivity index (χ3n) is 4.40. The van der Waals surface area contributed by atoms with Crippen LogP contribution in [0.3, 0.4) is 0 Å². The molecular formula is C21H16F2N2O5S. The van der Waals surface area contributed by atoms with E-state index in [9.17, 15) is 22.0 Å². The van der Waals surface area contributed by atoms with E-state index in [1.54, 1.807) is 18.2 Å². The molecule has 1 heterocycles. The minimum absolute atomic E-state index is 0.182. The molecule has 3 aromatic rings. The summed E-state index contributed by atoms with van der Waals surface area (Å²) in [7, 11) is -4.11. The van der Waals surface area contributed by atoms with Gasteiger partial charge in [0, 0.05) is 16.9 Å². The molecule has 160 valence electrons. The van der Waals surface area contributed by atoms with Crippen molar-refractivity contribution in [3.63, 3.8) is 0 Å². The number of carbonyl (C=O) groups is 1. The molecule has 3 aromatic carbocycles. The first-order valence-electron chi connectivity index (χ1n) is 9.11. The molecule has 7 nitrogen and oxygen atoms in total. The summed E-state index contributed by atoms with van der Waals surface area (Å²) in [6, 6.07) is 13.0. The van der Waals surface area contributed by atoms with Gasteiger partial charge in [0.2, 0.25) is 0 Å². The Balaban J connectivity index is 1.44. The second-order valence-electron chi connectivity index (χ2n) is 6.57. The van der Waals surface area contributed by atoms with Crippen molar-refractivity contribution in [1.29, 1.82) is 0 Å². The Hall–Kier alpha value is -3.66. The van der Waals surface area contributed by atoms with E-state index >= 15 is 0 Å². The van der Waals surface area contributed by atoms with E-state index in [0.29, 0.717) is 42.0 Å². The molecule has 4 rings (SSSR count). The van der Waals surface area contributed by atoms with Crippen molar-refractivity contribution in [2.75, 3.05) is 23.3 Å². The lowest BCUT2D eigenvalue weighted by molar-refractivity contribution is 0.102. The van der Waals surface area contributed by atoms with Crippen LogP contribution in [-0.4, -0.2) is 27.5 Å². The molecule has 0 aromatic heterocycles. The van der Waals surface area contributed by atoms with Crippen LogP contribution in [0.25, 0.3) is 0 Å². The Kier molecular flexibility index (Phi) is 5.47. The van der Waals surface area contributed by atoms with Gasteiger partial charge in [-0.2, -0.15) is 0 Å². The standard InChI is InChI=1S/C21H16F2N2O5S/c22-17-7-6-16(12-18(17)23)31(27,28)25-15-4-2-14(3-5-15)24-21(26)13-1-8-19-20(11-13)30-10-9-29-19/h1-8,11-12,25H,9-10H2,(H,24,26). The van der Waals surface area contributed by atoms with Crippen molar-refractivity contribution in [3.8, 4) is 11.5 Å². The summed E-state index contributed by atoms with van der Waals surface area (Å²) < 4.78 is 64.2. The van der Waals surface area contributed by atoms with Gasteiger partial charge < -0.3 is 14.8 Å². The molecule has 0 fully saturated rings. The maximum atomic E-state index is 13.3. The van der Waals surface area contributed by atoms with Gasteiger partial charge in [0.15, 0.2) is 23.1 Å². The molecule has 1 amide bonds. The molecule has 0 spiro atoms. The number of halogens is 2. The van der Waals surface area contributed by atoms with Crippen LogP contribution in [0.4, 0.5) is 20.2 Å². The van der Waals surface area contributed by atoms with Gasteiger partial charge in [-0.1, -0.05) is 0 Å².